The maximum Gasteiger partial charge on any atom is 0.514 e. The van der Waals surface area contributed by atoms with E-state index in [1.165, 1.54) is 0 Å². The van der Waals surface area contributed by atoms with Crippen LogP contribution in [-0.2, 0) is 9.53 Å². The van der Waals surface area contributed by atoms with Gasteiger partial charge in [0.15, 0.2) is 0 Å². The standard InChI is InChI=1S/C17H25NO4.C2H6/c1-10(2)13-7-6-8-14(11(3)4)16(13)22-17(20)21-12(5)15(18)9-19;1-2/h6-12,15H,18H2,1-5H3;1-2H3. The first-order valence-corrected chi connectivity index (χ1v) is 8.50. The first kappa shape index (κ1) is 22.1. The van der Waals surface area contributed by atoms with Crippen LogP contribution in [-0.4, -0.2) is 24.6 Å². The summed E-state index contributed by atoms with van der Waals surface area (Å²) in [5.41, 5.74) is 7.39. The van der Waals surface area contributed by atoms with Crippen LogP contribution in [0.25, 0.3) is 0 Å². The van der Waals surface area contributed by atoms with E-state index in [0.29, 0.717) is 12.0 Å². The van der Waals surface area contributed by atoms with Crippen molar-refractivity contribution < 1.29 is 19.1 Å². The lowest BCUT2D eigenvalue weighted by molar-refractivity contribution is -0.110. The van der Waals surface area contributed by atoms with Crippen molar-refractivity contribution in [1.82, 2.24) is 0 Å². The van der Waals surface area contributed by atoms with Gasteiger partial charge in [-0.15, -0.1) is 0 Å². The number of carbonyl (C=O) groups is 2. The van der Waals surface area contributed by atoms with Gasteiger partial charge in [-0.1, -0.05) is 59.7 Å². The summed E-state index contributed by atoms with van der Waals surface area (Å²) in [7, 11) is 0. The molecule has 1 aromatic carbocycles. The molecule has 5 nitrogen and oxygen atoms in total. The number of benzene rings is 1. The van der Waals surface area contributed by atoms with E-state index in [2.05, 4.69) is 0 Å². The zero-order chi connectivity index (χ0) is 18.9. The molecule has 0 saturated carbocycles. The third-order valence-corrected chi connectivity index (χ3v) is 3.49. The molecule has 0 fully saturated rings. The summed E-state index contributed by atoms with van der Waals surface area (Å²) in [5, 5.41) is 0. The van der Waals surface area contributed by atoms with Gasteiger partial charge >= 0.3 is 6.16 Å². The van der Waals surface area contributed by atoms with E-state index in [-0.39, 0.29) is 11.8 Å². The van der Waals surface area contributed by atoms with Crippen molar-refractivity contribution in [2.75, 3.05) is 0 Å². The van der Waals surface area contributed by atoms with Gasteiger partial charge in [-0.2, -0.15) is 0 Å². The lowest BCUT2D eigenvalue weighted by atomic mass is 9.94. The third kappa shape index (κ3) is 6.32. The van der Waals surface area contributed by atoms with Crippen LogP contribution in [0.2, 0.25) is 0 Å². The lowest BCUT2D eigenvalue weighted by Crippen LogP contribution is -2.38. The van der Waals surface area contributed by atoms with Gasteiger partial charge in [0, 0.05) is 0 Å². The van der Waals surface area contributed by atoms with E-state index in [9.17, 15) is 9.59 Å². The van der Waals surface area contributed by atoms with Crippen LogP contribution in [0.4, 0.5) is 4.79 Å². The molecule has 0 aliphatic carbocycles. The lowest BCUT2D eigenvalue weighted by Gasteiger charge is -2.20. The van der Waals surface area contributed by atoms with Gasteiger partial charge < -0.3 is 20.0 Å². The summed E-state index contributed by atoms with van der Waals surface area (Å²) in [4.78, 5) is 22.6. The predicted molar refractivity (Wildman–Crippen MR) is 96.6 cm³/mol. The molecule has 5 heteroatoms. The molecule has 0 saturated heterocycles. The number of carbonyl (C=O) groups excluding carboxylic acids is 2. The van der Waals surface area contributed by atoms with Crippen molar-refractivity contribution in [2.45, 2.75) is 72.4 Å². The van der Waals surface area contributed by atoms with E-state index in [1.807, 2.05) is 59.7 Å². The molecule has 0 spiro atoms. The van der Waals surface area contributed by atoms with Gasteiger partial charge in [0.1, 0.15) is 18.1 Å². The molecular weight excluding hydrogens is 306 g/mol. The van der Waals surface area contributed by atoms with Crippen LogP contribution in [0, 0.1) is 0 Å². The van der Waals surface area contributed by atoms with Crippen LogP contribution in [0.5, 0.6) is 5.75 Å². The van der Waals surface area contributed by atoms with E-state index in [1.54, 1.807) is 6.92 Å². The fourth-order valence-electron chi connectivity index (χ4n) is 2.05. The minimum atomic E-state index is -0.863. The van der Waals surface area contributed by atoms with E-state index < -0.39 is 18.3 Å². The van der Waals surface area contributed by atoms with Gasteiger partial charge in [-0.3, -0.25) is 0 Å². The molecular formula is C19H31NO4. The van der Waals surface area contributed by atoms with Crippen molar-refractivity contribution in [3.63, 3.8) is 0 Å². The fraction of sp³-hybridized carbons (Fsp3) is 0.579. The molecule has 136 valence electrons. The molecule has 1 rings (SSSR count). The fourth-order valence-corrected chi connectivity index (χ4v) is 2.05. The molecule has 0 radical (unpaired) electrons. The molecule has 0 heterocycles. The Balaban J connectivity index is 0.00000254. The zero-order valence-electron chi connectivity index (χ0n) is 15.8. The molecule has 0 aliphatic heterocycles. The number of para-hydroxylation sites is 1. The normalized spacial score (nSPS) is 12.9. The van der Waals surface area contributed by atoms with Crippen molar-refractivity contribution >= 4 is 12.4 Å². The van der Waals surface area contributed by atoms with Crippen LogP contribution in [0.3, 0.4) is 0 Å². The number of aldehydes is 1. The molecule has 0 aromatic heterocycles. The Morgan fingerprint density at radius 1 is 1.04 bits per heavy atom. The average Bonchev–Trinajstić information content (AvgIpc) is 2.55. The van der Waals surface area contributed by atoms with Gasteiger partial charge in [-0.25, -0.2) is 4.79 Å². The number of hydrogen-bond acceptors (Lipinski definition) is 5. The Morgan fingerprint density at radius 2 is 1.50 bits per heavy atom. The van der Waals surface area contributed by atoms with Crippen LogP contribution in [0.15, 0.2) is 18.2 Å². The molecule has 1 aromatic rings. The maximum atomic E-state index is 12.0. The van der Waals surface area contributed by atoms with E-state index in [0.717, 1.165) is 11.1 Å². The summed E-state index contributed by atoms with van der Waals surface area (Å²) in [6, 6.07) is 4.95. The second kappa shape index (κ2) is 10.8. The number of ether oxygens (including phenoxy) is 2. The van der Waals surface area contributed by atoms with Crippen molar-refractivity contribution in [3.05, 3.63) is 29.3 Å². The quantitative estimate of drug-likeness (QED) is 0.473. The van der Waals surface area contributed by atoms with Gasteiger partial charge in [0.05, 0.1) is 6.04 Å². The molecule has 2 N–H and O–H groups in total. The highest BCUT2D eigenvalue weighted by atomic mass is 16.7. The minimum Gasteiger partial charge on any atom is -0.429 e. The van der Waals surface area contributed by atoms with Crippen molar-refractivity contribution in [3.8, 4) is 5.75 Å². The minimum absolute atomic E-state index is 0.205. The summed E-state index contributed by atoms with van der Waals surface area (Å²) < 4.78 is 10.5. The molecule has 2 unspecified atom stereocenters. The summed E-state index contributed by atoms with van der Waals surface area (Å²) in [6.45, 7) is 13.7. The van der Waals surface area contributed by atoms with E-state index >= 15 is 0 Å². The Morgan fingerprint density at radius 3 is 1.88 bits per heavy atom. The summed E-state index contributed by atoms with van der Waals surface area (Å²) in [5.74, 6) is 0.941. The molecule has 0 amide bonds. The highest BCUT2D eigenvalue weighted by molar-refractivity contribution is 5.67. The van der Waals surface area contributed by atoms with E-state index in [4.69, 9.17) is 15.2 Å². The third-order valence-electron chi connectivity index (χ3n) is 3.49. The molecule has 24 heavy (non-hydrogen) atoms. The Kier molecular flexibility index (Phi) is 9.97. The monoisotopic (exact) mass is 337 g/mol. The van der Waals surface area contributed by atoms with Crippen LogP contribution in [0.1, 0.15) is 71.4 Å². The summed E-state index contributed by atoms with van der Waals surface area (Å²) in [6.07, 6.45) is -1.04. The van der Waals surface area contributed by atoms with Crippen molar-refractivity contribution in [1.29, 1.82) is 0 Å². The predicted octanol–water partition coefficient (Wildman–Crippen LogP) is 4.39. The highest BCUT2D eigenvalue weighted by Crippen LogP contribution is 2.34. The Bertz CT molecular complexity index is 500. The topological polar surface area (TPSA) is 78.6 Å². The number of rotatable bonds is 6. The molecule has 2 atom stereocenters. The SMILES string of the molecule is CC.CC(C)c1cccc(C(C)C)c1OC(=O)OC(C)C(N)C=O. The van der Waals surface area contributed by atoms with Crippen LogP contribution >= 0.6 is 0 Å². The Hall–Kier alpha value is -1.88. The largest absolute Gasteiger partial charge is 0.514 e. The maximum absolute atomic E-state index is 12.0. The van der Waals surface area contributed by atoms with Gasteiger partial charge in [-0.05, 0) is 29.9 Å². The number of nitrogens with two attached hydrogens (primary N) is 1. The Labute approximate surface area is 145 Å². The number of hydrogen-bond donors (Lipinski definition) is 1. The first-order valence-electron chi connectivity index (χ1n) is 8.50. The van der Waals surface area contributed by atoms with Crippen molar-refractivity contribution in [2.24, 2.45) is 5.73 Å². The van der Waals surface area contributed by atoms with Gasteiger partial charge in [0.25, 0.3) is 0 Å². The second-order valence-electron chi connectivity index (χ2n) is 5.96. The molecule has 0 bridgehead atoms. The summed E-state index contributed by atoms with van der Waals surface area (Å²) >= 11 is 0. The second-order valence-corrected chi connectivity index (χ2v) is 5.96. The zero-order valence-corrected chi connectivity index (χ0v) is 15.8. The van der Waals surface area contributed by atoms with Crippen LogP contribution < -0.4 is 10.5 Å². The smallest absolute Gasteiger partial charge is 0.429 e. The first-order chi connectivity index (χ1) is 11.3. The average molecular weight is 337 g/mol. The molecule has 0 aliphatic rings. The van der Waals surface area contributed by atoms with Gasteiger partial charge in [0.2, 0.25) is 0 Å². The highest BCUT2D eigenvalue weighted by Gasteiger charge is 2.22.